The second-order valence-electron chi connectivity index (χ2n) is 6.14. The molecule has 0 amide bonds. The number of nitrogens with zero attached hydrogens (tertiary/aromatic N) is 1. The summed E-state index contributed by atoms with van der Waals surface area (Å²) in [4.78, 5) is 12.7. The normalized spacial score (nSPS) is 22.8. The zero-order valence-electron chi connectivity index (χ0n) is 13.0. The molecule has 1 aromatic carbocycles. The highest BCUT2D eigenvalue weighted by Gasteiger charge is 2.38. The second kappa shape index (κ2) is 5.57. The standard InChI is InChI=1S/C19H16N2O3/c20-10-13-15(11-6-2-1-3-7-11)16-17(24-18(13)21)12-8-4-5-9-14(12)23-19(16)22/h1-2,4-5,8-9,11,15H,3,6-7,21H2/t11-,15+/m0/s1. The van der Waals surface area contributed by atoms with Gasteiger partial charge in [0.25, 0.3) is 0 Å². The number of allylic oxidation sites excluding steroid dienone is 3. The van der Waals surface area contributed by atoms with Crippen LogP contribution < -0.4 is 16.1 Å². The van der Waals surface area contributed by atoms with Gasteiger partial charge in [-0.2, -0.15) is 5.26 Å². The minimum atomic E-state index is -0.455. The molecule has 0 saturated carbocycles. The molecule has 0 radical (unpaired) electrons. The Morgan fingerprint density at radius 3 is 2.83 bits per heavy atom. The van der Waals surface area contributed by atoms with Crippen molar-refractivity contribution in [3.8, 4) is 11.8 Å². The summed E-state index contributed by atoms with van der Waals surface area (Å²) in [5.41, 5.74) is 6.77. The van der Waals surface area contributed by atoms with E-state index >= 15 is 0 Å². The van der Waals surface area contributed by atoms with E-state index in [1.54, 1.807) is 12.1 Å². The van der Waals surface area contributed by atoms with Crippen LogP contribution in [-0.4, -0.2) is 0 Å². The molecular formula is C19H16N2O3. The van der Waals surface area contributed by atoms with E-state index < -0.39 is 5.63 Å². The lowest BCUT2D eigenvalue weighted by molar-refractivity contribution is 0.339. The lowest BCUT2D eigenvalue weighted by Gasteiger charge is -2.32. The first kappa shape index (κ1) is 14.6. The molecule has 5 heteroatoms. The molecule has 2 aromatic rings. The van der Waals surface area contributed by atoms with E-state index in [1.165, 1.54) is 0 Å². The summed E-state index contributed by atoms with van der Waals surface area (Å²) >= 11 is 0. The maximum absolute atomic E-state index is 12.7. The number of fused-ring (bicyclic) bond motifs is 3. The third-order valence-corrected chi connectivity index (χ3v) is 4.80. The van der Waals surface area contributed by atoms with E-state index in [2.05, 4.69) is 18.2 Å². The average molecular weight is 320 g/mol. The van der Waals surface area contributed by atoms with Crippen molar-refractivity contribution in [3.05, 3.63) is 63.9 Å². The zero-order chi connectivity index (χ0) is 16.7. The van der Waals surface area contributed by atoms with E-state index in [0.29, 0.717) is 27.9 Å². The lowest BCUT2D eigenvalue weighted by Crippen LogP contribution is -2.30. The summed E-state index contributed by atoms with van der Waals surface area (Å²) in [6, 6.07) is 9.34. The molecule has 0 saturated heterocycles. The van der Waals surface area contributed by atoms with Crippen molar-refractivity contribution in [2.24, 2.45) is 11.7 Å². The molecule has 0 unspecified atom stereocenters. The van der Waals surface area contributed by atoms with Gasteiger partial charge in [0.05, 0.1) is 16.5 Å². The molecule has 1 aliphatic carbocycles. The van der Waals surface area contributed by atoms with Gasteiger partial charge in [-0.05, 0) is 37.3 Å². The van der Waals surface area contributed by atoms with Gasteiger partial charge >= 0.3 is 5.63 Å². The van der Waals surface area contributed by atoms with Crippen LogP contribution in [0, 0.1) is 17.2 Å². The third-order valence-electron chi connectivity index (χ3n) is 4.80. The van der Waals surface area contributed by atoms with Crippen LogP contribution in [0.4, 0.5) is 0 Å². The minimum absolute atomic E-state index is 0.0836. The number of nitriles is 1. The van der Waals surface area contributed by atoms with Gasteiger partial charge in [-0.15, -0.1) is 0 Å². The van der Waals surface area contributed by atoms with E-state index in [0.717, 1.165) is 19.3 Å². The predicted octanol–water partition coefficient (Wildman–Crippen LogP) is 3.32. The number of benzene rings is 1. The van der Waals surface area contributed by atoms with Crippen molar-refractivity contribution in [2.75, 3.05) is 0 Å². The van der Waals surface area contributed by atoms with Crippen LogP contribution in [0.3, 0.4) is 0 Å². The highest BCUT2D eigenvalue weighted by Crippen LogP contribution is 2.46. The Kier molecular flexibility index (Phi) is 3.39. The van der Waals surface area contributed by atoms with Gasteiger partial charge in [0.2, 0.25) is 5.88 Å². The largest absolute Gasteiger partial charge is 0.439 e. The maximum Gasteiger partial charge on any atom is 0.343 e. The van der Waals surface area contributed by atoms with Crippen LogP contribution in [0.1, 0.15) is 30.7 Å². The van der Waals surface area contributed by atoms with Gasteiger partial charge in [-0.25, -0.2) is 4.79 Å². The Morgan fingerprint density at radius 1 is 1.25 bits per heavy atom. The Hall–Kier alpha value is -3.00. The molecule has 24 heavy (non-hydrogen) atoms. The molecular weight excluding hydrogens is 304 g/mol. The molecule has 2 atom stereocenters. The quantitative estimate of drug-likeness (QED) is 0.643. The highest BCUT2D eigenvalue weighted by atomic mass is 16.5. The van der Waals surface area contributed by atoms with Crippen molar-refractivity contribution < 1.29 is 9.15 Å². The van der Waals surface area contributed by atoms with E-state index in [1.807, 2.05) is 12.1 Å². The van der Waals surface area contributed by atoms with Gasteiger partial charge in [0.1, 0.15) is 11.7 Å². The van der Waals surface area contributed by atoms with Crippen LogP contribution in [0.15, 0.2) is 57.1 Å². The Labute approximate surface area is 138 Å². The van der Waals surface area contributed by atoms with Gasteiger partial charge in [-0.1, -0.05) is 24.3 Å². The smallest absolute Gasteiger partial charge is 0.343 e. The topological polar surface area (TPSA) is 89.3 Å². The second-order valence-corrected chi connectivity index (χ2v) is 6.14. The Morgan fingerprint density at radius 2 is 2.08 bits per heavy atom. The zero-order valence-corrected chi connectivity index (χ0v) is 13.0. The monoisotopic (exact) mass is 320 g/mol. The lowest BCUT2D eigenvalue weighted by atomic mass is 9.74. The summed E-state index contributed by atoms with van der Waals surface area (Å²) in [5, 5.41) is 10.3. The first-order chi connectivity index (χ1) is 11.7. The fourth-order valence-corrected chi connectivity index (χ4v) is 3.69. The predicted molar refractivity (Wildman–Crippen MR) is 89.2 cm³/mol. The first-order valence-corrected chi connectivity index (χ1v) is 7.99. The van der Waals surface area contributed by atoms with Crippen LogP contribution in [0.25, 0.3) is 11.0 Å². The molecule has 0 bridgehead atoms. The van der Waals surface area contributed by atoms with Crippen LogP contribution in [0.5, 0.6) is 5.75 Å². The Bertz CT molecular complexity index is 978. The van der Waals surface area contributed by atoms with Crippen molar-refractivity contribution in [1.29, 1.82) is 5.26 Å². The van der Waals surface area contributed by atoms with Gasteiger partial charge in [0.15, 0.2) is 5.75 Å². The summed E-state index contributed by atoms with van der Waals surface area (Å²) in [5.74, 6) is 0.262. The summed E-state index contributed by atoms with van der Waals surface area (Å²) < 4.78 is 11.2. The number of hydrogen-bond donors (Lipinski definition) is 1. The highest BCUT2D eigenvalue weighted by molar-refractivity contribution is 5.85. The third kappa shape index (κ3) is 2.11. The molecule has 0 spiro atoms. The fraction of sp³-hybridized carbons (Fsp3) is 0.263. The number of hydrogen-bond acceptors (Lipinski definition) is 5. The first-order valence-electron chi connectivity index (χ1n) is 7.99. The number of rotatable bonds is 1. The van der Waals surface area contributed by atoms with Crippen LogP contribution in [0.2, 0.25) is 0 Å². The van der Waals surface area contributed by atoms with Crippen LogP contribution >= 0.6 is 0 Å². The number of nitrogens with two attached hydrogens (primary N) is 1. The average Bonchev–Trinajstić information content (AvgIpc) is 2.61. The van der Waals surface area contributed by atoms with Gasteiger partial charge in [-0.3, -0.25) is 0 Å². The minimum Gasteiger partial charge on any atom is -0.439 e. The van der Waals surface area contributed by atoms with Crippen molar-refractivity contribution in [2.45, 2.75) is 25.2 Å². The molecule has 2 heterocycles. The van der Waals surface area contributed by atoms with Gasteiger partial charge in [0, 0.05) is 5.92 Å². The number of para-hydroxylation sites is 1. The molecule has 5 nitrogen and oxygen atoms in total. The molecule has 0 fully saturated rings. The van der Waals surface area contributed by atoms with E-state index in [4.69, 9.17) is 14.9 Å². The summed E-state index contributed by atoms with van der Waals surface area (Å²) in [6.07, 6.45) is 6.84. The van der Waals surface area contributed by atoms with Gasteiger partial charge < -0.3 is 14.9 Å². The SMILES string of the molecule is N#CC1=C(N)Oc2c(c(=O)oc3ccccc23)[C@@H]1[C@H]1CC=CCC1. The molecule has 120 valence electrons. The maximum atomic E-state index is 12.7. The van der Waals surface area contributed by atoms with E-state index in [9.17, 15) is 10.1 Å². The van der Waals surface area contributed by atoms with Crippen molar-refractivity contribution >= 4 is 11.0 Å². The molecule has 2 N–H and O–H groups in total. The molecule has 1 aromatic heterocycles. The van der Waals surface area contributed by atoms with Crippen molar-refractivity contribution in [1.82, 2.24) is 0 Å². The van der Waals surface area contributed by atoms with Crippen molar-refractivity contribution in [3.63, 3.8) is 0 Å². The fourth-order valence-electron chi connectivity index (χ4n) is 3.69. The summed E-state index contributed by atoms with van der Waals surface area (Å²) in [6.45, 7) is 0. The Balaban J connectivity index is 2.00. The number of ether oxygens (including phenoxy) is 1. The molecule has 1 aliphatic heterocycles. The van der Waals surface area contributed by atoms with E-state index in [-0.39, 0.29) is 17.7 Å². The van der Waals surface area contributed by atoms with Crippen LogP contribution in [-0.2, 0) is 0 Å². The molecule has 2 aliphatic rings. The summed E-state index contributed by atoms with van der Waals surface area (Å²) in [7, 11) is 0. The molecule has 4 rings (SSSR count).